The van der Waals surface area contributed by atoms with Crippen LogP contribution < -0.4 is 0 Å². The number of carbonyl (C=O) groups excluding carboxylic acids is 2. The molecule has 0 spiro atoms. The minimum absolute atomic E-state index is 0.0224. The summed E-state index contributed by atoms with van der Waals surface area (Å²) < 4.78 is 4.39. The summed E-state index contributed by atoms with van der Waals surface area (Å²) in [6.07, 6.45) is 1.77. The Balaban J connectivity index is 3.41. The average Bonchev–Trinajstić information content (AvgIpc) is 2.20. The predicted molar refractivity (Wildman–Crippen MR) is 52.4 cm³/mol. The number of rotatable bonds is 8. The number of hydrogen-bond donors (Lipinski definition) is 1. The second kappa shape index (κ2) is 7.96. The summed E-state index contributed by atoms with van der Waals surface area (Å²) in [7, 11) is 1.28. The molecule has 0 aromatic carbocycles. The number of ketones is 1. The monoisotopic (exact) mass is 216 g/mol. The molecule has 0 aliphatic carbocycles. The summed E-state index contributed by atoms with van der Waals surface area (Å²) in [6.45, 7) is 0. The first-order valence-electron chi connectivity index (χ1n) is 4.86. The number of methoxy groups -OCH3 is 1. The van der Waals surface area contributed by atoms with E-state index in [2.05, 4.69) is 4.74 Å². The minimum Gasteiger partial charge on any atom is -0.481 e. The fraction of sp³-hybridized carbons (Fsp3) is 0.700. The summed E-state index contributed by atoms with van der Waals surface area (Å²) in [5.41, 5.74) is 0. The molecule has 0 saturated carbocycles. The number of carbonyl (C=O) groups is 3. The molecule has 0 heterocycles. The van der Waals surface area contributed by atoms with Crippen molar-refractivity contribution >= 4 is 17.7 Å². The first kappa shape index (κ1) is 13.6. The van der Waals surface area contributed by atoms with Gasteiger partial charge in [-0.25, -0.2) is 0 Å². The summed E-state index contributed by atoms with van der Waals surface area (Å²) in [5.74, 6) is -1.27. The predicted octanol–water partition coefficient (Wildman–Crippen LogP) is 1.15. The Labute approximate surface area is 88.4 Å². The van der Waals surface area contributed by atoms with Crippen molar-refractivity contribution in [2.75, 3.05) is 7.11 Å². The molecule has 1 N–H and O–H groups in total. The van der Waals surface area contributed by atoms with Crippen molar-refractivity contribution in [1.82, 2.24) is 0 Å². The van der Waals surface area contributed by atoms with Crippen LogP contribution in [-0.4, -0.2) is 29.9 Å². The molecule has 0 aromatic rings. The third kappa shape index (κ3) is 8.93. The highest BCUT2D eigenvalue weighted by Gasteiger charge is 2.07. The topological polar surface area (TPSA) is 80.7 Å². The van der Waals surface area contributed by atoms with Crippen LogP contribution in [0.1, 0.15) is 38.5 Å². The fourth-order valence-electron chi connectivity index (χ4n) is 1.07. The molecule has 0 aliphatic rings. The van der Waals surface area contributed by atoms with E-state index in [-0.39, 0.29) is 25.0 Å². The number of carboxylic acids is 1. The van der Waals surface area contributed by atoms with Crippen LogP contribution in [0.25, 0.3) is 0 Å². The molecule has 5 heteroatoms. The molecule has 0 aliphatic heterocycles. The Morgan fingerprint density at radius 2 is 1.60 bits per heavy atom. The number of aliphatic carboxylic acids is 1. The zero-order valence-electron chi connectivity index (χ0n) is 8.82. The molecule has 86 valence electrons. The maximum Gasteiger partial charge on any atom is 0.305 e. The lowest BCUT2D eigenvalue weighted by atomic mass is 10.1. The van der Waals surface area contributed by atoms with Crippen LogP contribution in [0.5, 0.6) is 0 Å². The van der Waals surface area contributed by atoms with E-state index in [0.29, 0.717) is 19.3 Å². The quantitative estimate of drug-likeness (QED) is 0.486. The first-order valence-corrected chi connectivity index (χ1v) is 4.86. The molecule has 0 aromatic heterocycles. The zero-order chi connectivity index (χ0) is 11.7. The van der Waals surface area contributed by atoms with E-state index >= 15 is 0 Å². The normalized spacial score (nSPS) is 9.67. The van der Waals surface area contributed by atoms with Crippen LogP contribution in [-0.2, 0) is 19.1 Å². The zero-order valence-corrected chi connectivity index (χ0v) is 8.82. The highest BCUT2D eigenvalue weighted by atomic mass is 16.5. The van der Waals surface area contributed by atoms with Crippen LogP contribution in [0.4, 0.5) is 0 Å². The van der Waals surface area contributed by atoms with Gasteiger partial charge in [0.25, 0.3) is 0 Å². The van der Waals surface area contributed by atoms with Crippen LogP contribution in [0.2, 0.25) is 0 Å². The maximum atomic E-state index is 11.2. The van der Waals surface area contributed by atoms with Gasteiger partial charge in [-0.2, -0.15) is 0 Å². The number of unbranched alkanes of at least 4 members (excludes halogenated alkanes) is 1. The molecule has 0 radical (unpaired) electrons. The van der Waals surface area contributed by atoms with Crippen molar-refractivity contribution in [3.63, 3.8) is 0 Å². The van der Waals surface area contributed by atoms with Gasteiger partial charge in [0.2, 0.25) is 0 Å². The lowest BCUT2D eigenvalue weighted by Gasteiger charge is -1.99. The van der Waals surface area contributed by atoms with Gasteiger partial charge in [-0.3, -0.25) is 14.4 Å². The van der Waals surface area contributed by atoms with Gasteiger partial charge in [-0.05, 0) is 12.8 Å². The number of hydrogen-bond acceptors (Lipinski definition) is 4. The fourth-order valence-corrected chi connectivity index (χ4v) is 1.07. The van der Waals surface area contributed by atoms with Crippen molar-refractivity contribution in [3.8, 4) is 0 Å². The molecular weight excluding hydrogens is 200 g/mol. The largest absolute Gasteiger partial charge is 0.481 e. The van der Waals surface area contributed by atoms with E-state index in [1.165, 1.54) is 7.11 Å². The number of carboxylic acid groups (broad SMARTS) is 1. The Hall–Kier alpha value is -1.39. The smallest absolute Gasteiger partial charge is 0.305 e. The van der Waals surface area contributed by atoms with Crippen molar-refractivity contribution in [3.05, 3.63) is 0 Å². The Bertz CT molecular complexity index is 234. The lowest BCUT2D eigenvalue weighted by Crippen LogP contribution is -2.05. The molecule has 5 nitrogen and oxygen atoms in total. The SMILES string of the molecule is COC(=O)CCC(=O)CCCCC(=O)O. The number of Topliss-reactive ketones (excluding diaryl/α,β-unsaturated/α-hetero) is 1. The van der Waals surface area contributed by atoms with Crippen LogP contribution in [0, 0.1) is 0 Å². The van der Waals surface area contributed by atoms with Crippen LogP contribution in [0.3, 0.4) is 0 Å². The standard InChI is InChI=1S/C10H16O5/c1-15-10(14)7-6-8(11)4-2-3-5-9(12)13/h2-7H2,1H3,(H,12,13). The van der Waals surface area contributed by atoms with Gasteiger partial charge in [0.1, 0.15) is 5.78 Å². The first-order chi connectivity index (χ1) is 7.06. The van der Waals surface area contributed by atoms with Crippen molar-refractivity contribution < 1.29 is 24.2 Å². The average molecular weight is 216 g/mol. The highest BCUT2D eigenvalue weighted by Crippen LogP contribution is 2.04. The summed E-state index contributed by atoms with van der Waals surface area (Å²) in [4.78, 5) is 32.0. The molecule has 0 saturated heterocycles. The van der Waals surface area contributed by atoms with E-state index < -0.39 is 11.9 Å². The Kier molecular flexibility index (Phi) is 7.23. The van der Waals surface area contributed by atoms with Gasteiger partial charge in [-0.1, -0.05) is 0 Å². The van der Waals surface area contributed by atoms with Crippen molar-refractivity contribution in [2.45, 2.75) is 38.5 Å². The third-order valence-corrected chi connectivity index (χ3v) is 1.93. The summed E-state index contributed by atoms with van der Waals surface area (Å²) in [6, 6.07) is 0. The molecule has 15 heavy (non-hydrogen) atoms. The highest BCUT2D eigenvalue weighted by molar-refractivity contribution is 5.82. The van der Waals surface area contributed by atoms with Gasteiger partial charge in [-0.15, -0.1) is 0 Å². The summed E-state index contributed by atoms with van der Waals surface area (Å²) >= 11 is 0. The molecule has 0 atom stereocenters. The lowest BCUT2D eigenvalue weighted by molar-refractivity contribution is -0.142. The molecule has 0 unspecified atom stereocenters. The second-order valence-electron chi connectivity index (χ2n) is 3.22. The second-order valence-corrected chi connectivity index (χ2v) is 3.22. The molecule has 0 amide bonds. The van der Waals surface area contributed by atoms with Gasteiger partial charge < -0.3 is 9.84 Å². The third-order valence-electron chi connectivity index (χ3n) is 1.93. The molecule has 0 rings (SSSR count). The van der Waals surface area contributed by atoms with E-state index in [9.17, 15) is 14.4 Å². The number of esters is 1. The van der Waals surface area contributed by atoms with E-state index in [0.717, 1.165) is 0 Å². The molecular formula is C10H16O5. The summed E-state index contributed by atoms with van der Waals surface area (Å²) in [5, 5.41) is 8.34. The number of ether oxygens (including phenoxy) is 1. The molecule has 0 fully saturated rings. The van der Waals surface area contributed by atoms with Gasteiger partial charge in [0.15, 0.2) is 0 Å². The van der Waals surface area contributed by atoms with E-state index in [4.69, 9.17) is 5.11 Å². The van der Waals surface area contributed by atoms with Gasteiger partial charge in [0.05, 0.1) is 13.5 Å². The van der Waals surface area contributed by atoms with Crippen molar-refractivity contribution in [2.24, 2.45) is 0 Å². The minimum atomic E-state index is -0.850. The van der Waals surface area contributed by atoms with Gasteiger partial charge in [0, 0.05) is 19.3 Å². The van der Waals surface area contributed by atoms with Crippen LogP contribution >= 0.6 is 0 Å². The Morgan fingerprint density at radius 1 is 1.00 bits per heavy atom. The maximum absolute atomic E-state index is 11.2. The van der Waals surface area contributed by atoms with Gasteiger partial charge >= 0.3 is 11.9 Å². The van der Waals surface area contributed by atoms with Crippen LogP contribution in [0.15, 0.2) is 0 Å². The van der Waals surface area contributed by atoms with Crippen molar-refractivity contribution in [1.29, 1.82) is 0 Å². The van der Waals surface area contributed by atoms with E-state index in [1.54, 1.807) is 0 Å². The van der Waals surface area contributed by atoms with E-state index in [1.807, 2.05) is 0 Å². The molecule has 0 bridgehead atoms. The Morgan fingerprint density at radius 3 is 2.13 bits per heavy atom.